The van der Waals surface area contributed by atoms with E-state index >= 15 is 0 Å². The number of benzene rings is 2. The van der Waals surface area contributed by atoms with E-state index in [9.17, 15) is 4.39 Å². The van der Waals surface area contributed by atoms with Gasteiger partial charge in [-0.25, -0.2) is 14.4 Å². The standard InChI is InChI=1S/C21H15Cl2FN2OS/c22-13-3-1-2-11(6-13)7-16-19-15(24)8-14(23)9-17(19)27-20(26-16)18-10-25-21(28-18)12-4-5-12/h1-3,6,8-10,12,20H,4-5,7H2/t20-/m0/s1. The van der Waals surface area contributed by atoms with Crippen LogP contribution in [0.25, 0.3) is 0 Å². The lowest BCUT2D eigenvalue weighted by atomic mass is 9.99. The van der Waals surface area contributed by atoms with Gasteiger partial charge in [0.15, 0.2) is 0 Å². The van der Waals surface area contributed by atoms with Gasteiger partial charge in [-0.05, 0) is 42.7 Å². The Morgan fingerprint density at radius 2 is 2.00 bits per heavy atom. The molecular weight excluding hydrogens is 418 g/mol. The third-order valence-electron chi connectivity index (χ3n) is 4.79. The van der Waals surface area contributed by atoms with Gasteiger partial charge in [-0.3, -0.25) is 0 Å². The summed E-state index contributed by atoms with van der Waals surface area (Å²) in [5.74, 6) is 0.532. The number of aliphatic imine (C=N–C) groups is 1. The van der Waals surface area contributed by atoms with E-state index in [4.69, 9.17) is 32.9 Å². The first kappa shape index (κ1) is 18.1. The minimum Gasteiger partial charge on any atom is -0.463 e. The van der Waals surface area contributed by atoms with Gasteiger partial charge < -0.3 is 4.74 Å². The van der Waals surface area contributed by atoms with Gasteiger partial charge in [0.2, 0.25) is 6.23 Å². The first-order valence-corrected chi connectivity index (χ1v) is 10.6. The van der Waals surface area contributed by atoms with Crippen molar-refractivity contribution in [3.05, 3.63) is 79.5 Å². The van der Waals surface area contributed by atoms with Crippen molar-refractivity contribution in [3.8, 4) is 5.75 Å². The lowest BCUT2D eigenvalue weighted by Crippen LogP contribution is -2.20. The van der Waals surface area contributed by atoms with Crippen LogP contribution in [0.4, 0.5) is 4.39 Å². The van der Waals surface area contributed by atoms with Crippen LogP contribution in [-0.4, -0.2) is 10.7 Å². The minimum atomic E-state index is -0.551. The van der Waals surface area contributed by atoms with Crippen LogP contribution in [0.2, 0.25) is 10.0 Å². The zero-order chi connectivity index (χ0) is 19.3. The fraction of sp³-hybridized carbons (Fsp3) is 0.238. The van der Waals surface area contributed by atoms with Crippen LogP contribution in [-0.2, 0) is 6.42 Å². The van der Waals surface area contributed by atoms with Gasteiger partial charge in [-0.2, -0.15) is 0 Å². The Kier molecular flexibility index (Phi) is 4.62. The highest BCUT2D eigenvalue weighted by molar-refractivity contribution is 7.11. The van der Waals surface area contributed by atoms with Crippen molar-refractivity contribution in [2.24, 2.45) is 4.99 Å². The molecule has 142 valence electrons. The molecule has 3 nitrogen and oxygen atoms in total. The molecule has 7 heteroatoms. The molecule has 1 aliphatic heterocycles. The van der Waals surface area contributed by atoms with E-state index in [0.29, 0.717) is 39.4 Å². The number of rotatable bonds is 4. The summed E-state index contributed by atoms with van der Waals surface area (Å²) in [5, 5.41) is 2.05. The average Bonchev–Trinajstić information content (AvgIpc) is 3.37. The summed E-state index contributed by atoms with van der Waals surface area (Å²) < 4.78 is 20.7. The third kappa shape index (κ3) is 3.54. The second-order valence-electron chi connectivity index (χ2n) is 6.99. The third-order valence-corrected chi connectivity index (χ3v) is 6.44. The van der Waals surface area contributed by atoms with Gasteiger partial charge in [0, 0.05) is 28.6 Å². The molecule has 2 aromatic carbocycles. The van der Waals surface area contributed by atoms with Crippen LogP contribution in [0.1, 0.15) is 46.0 Å². The lowest BCUT2D eigenvalue weighted by Gasteiger charge is -2.24. The summed E-state index contributed by atoms with van der Waals surface area (Å²) in [6, 6.07) is 10.4. The molecule has 1 aromatic heterocycles. The quantitative estimate of drug-likeness (QED) is 0.465. The highest BCUT2D eigenvalue weighted by atomic mass is 35.5. The van der Waals surface area contributed by atoms with Crippen molar-refractivity contribution < 1.29 is 9.13 Å². The van der Waals surface area contributed by atoms with E-state index in [-0.39, 0.29) is 0 Å². The molecule has 2 heterocycles. The first-order valence-electron chi connectivity index (χ1n) is 8.99. The van der Waals surface area contributed by atoms with E-state index in [1.165, 1.54) is 18.9 Å². The first-order chi connectivity index (χ1) is 13.6. The summed E-state index contributed by atoms with van der Waals surface area (Å²) in [6.07, 6.45) is 4.08. The fourth-order valence-corrected chi connectivity index (χ4v) is 4.77. The molecule has 0 unspecified atom stereocenters. The molecule has 0 bridgehead atoms. The van der Waals surface area contributed by atoms with Gasteiger partial charge in [0.05, 0.1) is 21.2 Å². The number of thiazole rings is 1. The number of ether oxygens (including phenoxy) is 1. The smallest absolute Gasteiger partial charge is 0.226 e. The maximum absolute atomic E-state index is 14.7. The van der Waals surface area contributed by atoms with Crippen molar-refractivity contribution in [1.82, 2.24) is 4.98 Å². The van der Waals surface area contributed by atoms with Gasteiger partial charge >= 0.3 is 0 Å². The number of fused-ring (bicyclic) bond motifs is 1. The van der Waals surface area contributed by atoms with Crippen molar-refractivity contribution in [2.45, 2.75) is 31.4 Å². The van der Waals surface area contributed by atoms with Crippen LogP contribution in [0.3, 0.4) is 0 Å². The van der Waals surface area contributed by atoms with Crippen molar-refractivity contribution in [3.63, 3.8) is 0 Å². The highest BCUT2D eigenvalue weighted by Crippen LogP contribution is 2.44. The average molecular weight is 433 g/mol. The van der Waals surface area contributed by atoms with Crippen LogP contribution in [0.5, 0.6) is 5.75 Å². The Morgan fingerprint density at radius 1 is 1.14 bits per heavy atom. The molecule has 5 rings (SSSR count). The van der Waals surface area contributed by atoms with Crippen molar-refractivity contribution >= 4 is 40.3 Å². The van der Waals surface area contributed by atoms with Gasteiger partial charge in [0.25, 0.3) is 0 Å². The van der Waals surface area contributed by atoms with Crippen molar-refractivity contribution in [1.29, 1.82) is 0 Å². The molecule has 1 fully saturated rings. The molecular formula is C21H15Cl2FN2OS. The Hall–Kier alpha value is -1.95. The van der Waals surface area contributed by atoms with Crippen LogP contribution in [0.15, 0.2) is 47.6 Å². The Morgan fingerprint density at radius 3 is 2.79 bits per heavy atom. The predicted octanol–water partition coefficient (Wildman–Crippen LogP) is 6.59. The molecule has 1 atom stereocenters. The number of hydrogen-bond donors (Lipinski definition) is 0. The predicted molar refractivity (Wildman–Crippen MR) is 111 cm³/mol. The van der Waals surface area contributed by atoms with Crippen LogP contribution < -0.4 is 4.74 Å². The Balaban J connectivity index is 1.56. The molecule has 0 spiro atoms. The lowest BCUT2D eigenvalue weighted by molar-refractivity contribution is 0.212. The van der Waals surface area contributed by atoms with Gasteiger partial charge in [-0.1, -0.05) is 35.3 Å². The number of nitrogens with zero attached hydrogens (tertiary/aromatic N) is 2. The Labute approximate surface area is 175 Å². The minimum absolute atomic E-state index is 0.293. The molecule has 1 aliphatic carbocycles. The van der Waals surface area contributed by atoms with Gasteiger partial charge in [0.1, 0.15) is 11.6 Å². The van der Waals surface area contributed by atoms with Crippen LogP contribution >= 0.6 is 34.5 Å². The van der Waals surface area contributed by atoms with Crippen LogP contribution in [0, 0.1) is 5.82 Å². The maximum Gasteiger partial charge on any atom is 0.226 e. The normalized spacial score (nSPS) is 18.4. The number of halogens is 3. The monoisotopic (exact) mass is 432 g/mol. The zero-order valence-electron chi connectivity index (χ0n) is 14.7. The summed E-state index contributed by atoms with van der Waals surface area (Å²) in [4.78, 5) is 10.2. The molecule has 0 amide bonds. The SMILES string of the molecule is Fc1cc(Cl)cc2c1C(Cc1cccc(Cl)c1)=N[C@H](c1cnc(C3CC3)s1)O2. The molecule has 1 saturated carbocycles. The summed E-state index contributed by atoms with van der Waals surface area (Å²) in [7, 11) is 0. The Bertz CT molecular complexity index is 1090. The highest BCUT2D eigenvalue weighted by Gasteiger charge is 2.31. The second kappa shape index (κ2) is 7.14. The molecule has 0 radical (unpaired) electrons. The maximum atomic E-state index is 14.7. The summed E-state index contributed by atoms with van der Waals surface area (Å²) in [6.45, 7) is 0. The molecule has 3 aromatic rings. The molecule has 0 saturated heterocycles. The number of aromatic nitrogens is 1. The topological polar surface area (TPSA) is 34.5 Å². The summed E-state index contributed by atoms with van der Waals surface area (Å²) in [5.41, 5.74) is 1.92. The summed E-state index contributed by atoms with van der Waals surface area (Å²) >= 11 is 13.8. The second-order valence-corrected chi connectivity index (χ2v) is 8.96. The number of hydrogen-bond acceptors (Lipinski definition) is 4. The molecule has 0 N–H and O–H groups in total. The fourth-order valence-electron chi connectivity index (χ4n) is 3.31. The molecule has 28 heavy (non-hydrogen) atoms. The van der Waals surface area contributed by atoms with E-state index in [1.54, 1.807) is 17.4 Å². The van der Waals surface area contributed by atoms with E-state index < -0.39 is 12.0 Å². The van der Waals surface area contributed by atoms with E-state index in [1.807, 2.05) is 30.5 Å². The van der Waals surface area contributed by atoms with E-state index in [0.717, 1.165) is 15.4 Å². The zero-order valence-corrected chi connectivity index (χ0v) is 17.0. The van der Waals surface area contributed by atoms with Gasteiger partial charge in [-0.15, -0.1) is 11.3 Å². The van der Waals surface area contributed by atoms with E-state index in [2.05, 4.69) is 4.98 Å². The largest absolute Gasteiger partial charge is 0.463 e. The molecule has 2 aliphatic rings. The van der Waals surface area contributed by atoms with Crippen molar-refractivity contribution in [2.75, 3.05) is 0 Å².